The van der Waals surface area contributed by atoms with Gasteiger partial charge in [0.15, 0.2) is 5.78 Å². The van der Waals surface area contributed by atoms with Gasteiger partial charge in [0.25, 0.3) is 0 Å². The summed E-state index contributed by atoms with van der Waals surface area (Å²) in [6, 6.07) is 1.83. The lowest BCUT2D eigenvalue weighted by molar-refractivity contribution is -0.142. The molecule has 1 aromatic rings. The molecule has 4 heteroatoms. The van der Waals surface area contributed by atoms with Gasteiger partial charge >= 0.3 is 5.97 Å². The molecular weight excluding hydrogens is 182 g/mol. The average Bonchev–Trinajstić information content (AvgIpc) is 2.66. The van der Waals surface area contributed by atoms with Crippen LogP contribution in [0.25, 0.3) is 0 Å². The van der Waals surface area contributed by atoms with Gasteiger partial charge in [-0.15, -0.1) is 0 Å². The maximum absolute atomic E-state index is 11.4. The average molecular weight is 193 g/mol. The lowest BCUT2D eigenvalue weighted by Gasteiger charge is -2.01. The number of ether oxygens (including phenoxy) is 1. The van der Waals surface area contributed by atoms with Crippen molar-refractivity contribution in [2.24, 2.45) is 0 Å². The van der Waals surface area contributed by atoms with Crippen LogP contribution in [0.1, 0.15) is 29.4 Å². The van der Waals surface area contributed by atoms with E-state index in [-0.39, 0.29) is 18.4 Å². The van der Waals surface area contributed by atoms with Gasteiger partial charge in [-0.1, -0.05) is 0 Å². The number of hydrogen-bond acceptors (Lipinski definition) is 3. The Morgan fingerprint density at radius 3 is 3.14 bits per heavy atom. The number of esters is 1. The first-order chi connectivity index (χ1) is 6.68. The van der Waals surface area contributed by atoms with Crippen LogP contribution in [0.15, 0.2) is 12.3 Å². The summed E-state index contributed by atoms with van der Waals surface area (Å²) in [7, 11) is 0. The standard InChI is InChI=1S/C10H11NO3/c1-7(12)14-6-8-2-4-11-5-3-9(13)10(8)11/h2,4H,3,5-6H2,1H3. The summed E-state index contributed by atoms with van der Waals surface area (Å²) in [6.45, 7) is 2.30. The summed E-state index contributed by atoms with van der Waals surface area (Å²) in [5.74, 6) is -0.187. The minimum atomic E-state index is -0.324. The Morgan fingerprint density at radius 2 is 2.43 bits per heavy atom. The van der Waals surface area contributed by atoms with Gasteiger partial charge in [0.2, 0.25) is 0 Å². The molecule has 0 bridgehead atoms. The molecule has 74 valence electrons. The second-order valence-electron chi connectivity index (χ2n) is 3.34. The van der Waals surface area contributed by atoms with Crippen molar-refractivity contribution in [2.45, 2.75) is 26.5 Å². The Balaban J connectivity index is 2.19. The van der Waals surface area contributed by atoms with E-state index >= 15 is 0 Å². The molecule has 0 radical (unpaired) electrons. The fraction of sp³-hybridized carbons (Fsp3) is 0.400. The Labute approximate surface area is 81.5 Å². The van der Waals surface area contributed by atoms with E-state index in [4.69, 9.17) is 4.74 Å². The van der Waals surface area contributed by atoms with Gasteiger partial charge in [-0.2, -0.15) is 0 Å². The molecule has 0 N–H and O–H groups in total. The second kappa shape index (κ2) is 3.29. The largest absolute Gasteiger partial charge is 0.461 e. The normalized spacial score (nSPS) is 14.2. The zero-order chi connectivity index (χ0) is 10.1. The van der Waals surface area contributed by atoms with Gasteiger partial charge in [0, 0.05) is 31.6 Å². The number of nitrogens with zero attached hydrogens (tertiary/aromatic N) is 1. The first-order valence-corrected chi connectivity index (χ1v) is 4.53. The molecule has 1 aliphatic heterocycles. The molecule has 14 heavy (non-hydrogen) atoms. The monoisotopic (exact) mass is 193 g/mol. The second-order valence-corrected chi connectivity index (χ2v) is 3.34. The van der Waals surface area contributed by atoms with E-state index in [0.717, 1.165) is 12.1 Å². The quantitative estimate of drug-likeness (QED) is 0.662. The molecule has 1 aliphatic rings. The number of fused-ring (bicyclic) bond motifs is 1. The zero-order valence-electron chi connectivity index (χ0n) is 7.95. The van der Waals surface area contributed by atoms with E-state index in [1.54, 1.807) is 0 Å². The highest BCUT2D eigenvalue weighted by Crippen LogP contribution is 2.20. The maximum Gasteiger partial charge on any atom is 0.302 e. The highest BCUT2D eigenvalue weighted by atomic mass is 16.5. The minimum absolute atomic E-state index is 0.136. The summed E-state index contributed by atoms with van der Waals surface area (Å²) < 4.78 is 6.76. The van der Waals surface area contributed by atoms with Gasteiger partial charge in [0.05, 0.1) is 5.69 Å². The highest BCUT2D eigenvalue weighted by molar-refractivity contribution is 5.97. The Kier molecular flexibility index (Phi) is 2.11. The van der Waals surface area contributed by atoms with Crippen molar-refractivity contribution in [1.82, 2.24) is 4.57 Å². The van der Waals surface area contributed by atoms with E-state index in [2.05, 4.69) is 0 Å². The van der Waals surface area contributed by atoms with Gasteiger partial charge in [0.1, 0.15) is 6.61 Å². The van der Waals surface area contributed by atoms with Crippen LogP contribution in [0.3, 0.4) is 0 Å². The van der Waals surface area contributed by atoms with E-state index < -0.39 is 0 Å². The number of aryl methyl sites for hydroxylation is 1. The molecule has 2 heterocycles. The summed E-state index contributed by atoms with van der Waals surface area (Å²) in [5, 5.41) is 0. The van der Waals surface area contributed by atoms with Crippen molar-refractivity contribution in [3.8, 4) is 0 Å². The number of hydrogen-bond donors (Lipinski definition) is 0. The molecule has 0 spiro atoms. The lowest BCUT2D eigenvalue weighted by atomic mass is 10.2. The summed E-state index contributed by atoms with van der Waals surface area (Å²) in [6.07, 6.45) is 2.42. The van der Waals surface area contributed by atoms with Gasteiger partial charge in [-0.25, -0.2) is 0 Å². The highest BCUT2D eigenvalue weighted by Gasteiger charge is 2.22. The topological polar surface area (TPSA) is 48.3 Å². The number of Topliss-reactive ketones (excluding diaryl/α,β-unsaturated/α-hetero) is 1. The minimum Gasteiger partial charge on any atom is -0.461 e. The molecule has 0 atom stereocenters. The van der Waals surface area contributed by atoms with Crippen molar-refractivity contribution in [3.63, 3.8) is 0 Å². The predicted octanol–water partition coefficient (Wildman–Crippen LogP) is 1.14. The third-order valence-corrected chi connectivity index (χ3v) is 2.32. The van der Waals surface area contributed by atoms with E-state index in [9.17, 15) is 9.59 Å². The molecule has 0 aromatic carbocycles. The summed E-state index contributed by atoms with van der Waals surface area (Å²) in [4.78, 5) is 22.0. The van der Waals surface area contributed by atoms with Crippen LogP contribution in [-0.4, -0.2) is 16.3 Å². The van der Waals surface area contributed by atoms with Crippen LogP contribution in [-0.2, 0) is 22.7 Å². The molecule has 0 amide bonds. The number of ketones is 1. The number of aromatic nitrogens is 1. The van der Waals surface area contributed by atoms with Crippen molar-refractivity contribution in [3.05, 3.63) is 23.5 Å². The van der Waals surface area contributed by atoms with E-state index in [1.165, 1.54) is 6.92 Å². The Bertz CT molecular complexity index is 392. The summed E-state index contributed by atoms with van der Waals surface area (Å²) in [5.41, 5.74) is 1.51. The van der Waals surface area contributed by atoms with Crippen LogP contribution < -0.4 is 0 Å². The van der Waals surface area contributed by atoms with Gasteiger partial charge in [-0.05, 0) is 6.07 Å². The number of carbonyl (C=O) groups excluding carboxylic acids is 2. The SMILES string of the molecule is CC(=O)OCc1ccn2c1C(=O)CC2. The van der Waals surface area contributed by atoms with Crippen LogP contribution in [0, 0.1) is 0 Å². The molecule has 0 unspecified atom stereocenters. The Morgan fingerprint density at radius 1 is 1.64 bits per heavy atom. The molecule has 2 rings (SSSR count). The summed E-state index contributed by atoms with van der Waals surface area (Å²) >= 11 is 0. The molecule has 0 aliphatic carbocycles. The van der Waals surface area contributed by atoms with Crippen LogP contribution in [0.5, 0.6) is 0 Å². The third-order valence-electron chi connectivity index (χ3n) is 2.32. The first kappa shape index (κ1) is 8.99. The fourth-order valence-corrected chi connectivity index (χ4v) is 1.68. The smallest absolute Gasteiger partial charge is 0.302 e. The Hall–Kier alpha value is -1.58. The van der Waals surface area contributed by atoms with Crippen LogP contribution in [0.2, 0.25) is 0 Å². The van der Waals surface area contributed by atoms with E-state index in [1.807, 2.05) is 16.8 Å². The molecule has 0 fully saturated rings. The van der Waals surface area contributed by atoms with Crippen LogP contribution >= 0.6 is 0 Å². The van der Waals surface area contributed by atoms with Gasteiger partial charge < -0.3 is 9.30 Å². The zero-order valence-corrected chi connectivity index (χ0v) is 7.95. The predicted molar refractivity (Wildman–Crippen MR) is 48.8 cm³/mol. The molecule has 0 saturated carbocycles. The fourth-order valence-electron chi connectivity index (χ4n) is 1.68. The molecular formula is C10H11NO3. The lowest BCUT2D eigenvalue weighted by Crippen LogP contribution is -2.03. The maximum atomic E-state index is 11.4. The van der Waals surface area contributed by atoms with Crippen molar-refractivity contribution >= 4 is 11.8 Å². The van der Waals surface area contributed by atoms with Crippen molar-refractivity contribution in [1.29, 1.82) is 0 Å². The van der Waals surface area contributed by atoms with Crippen molar-refractivity contribution < 1.29 is 14.3 Å². The molecule has 0 saturated heterocycles. The number of rotatable bonds is 2. The third kappa shape index (κ3) is 1.43. The molecule has 4 nitrogen and oxygen atoms in total. The van der Waals surface area contributed by atoms with Crippen LogP contribution in [0.4, 0.5) is 0 Å². The van der Waals surface area contributed by atoms with Crippen molar-refractivity contribution in [2.75, 3.05) is 0 Å². The van der Waals surface area contributed by atoms with Gasteiger partial charge in [-0.3, -0.25) is 9.59 Å². The van der Waals surface area contributed by atoms with E-state index in [0.29, 0.717) is 12.1 Å². The molecule has 1 aromatic heterocycles. The first-order valence-electron chi connectivity index (χ1n) is 4.53. The number of carbonyl (C=O) groups is 2.